The fourth-order valence-electron chi connectivity index (χ4n) is 4.26. The van der Waals surface area contributed by atoms with Crippen molar-refractivity contribution in [3.05, 3.63) is 58.9 Å². The van der Waals surface area contributed by atoms with E-state index in [9.17, 15) is 9.59 Å². The summed E-state index contributed by atoms with van der Waals surface area (Å²) in [6.45, 7) is 15.8. The highest BCUT2D eigenvalue weighted by Crippen LogP contribution is 2.25. The average molecular weight is 542 g/mol. The van der Waals surface area contributed by atoms with Crippen molar-refractivity contribution >= 4 is 40.3 Å². The van der Waals surface area contributed by atoms with Crippen LogP contribution in [0.4, 0.5) is 10.5 Å². The lowest BCUT2D eigenvalue weighted by atomic mass is 10.1. The summed E-state index contributed by atoms with van der Waals surface area (Å²) in [5.41, 5.74) is 3.07. The van der Waals surface area contributed by atoms with E-state index in [0.29, 0.717) is 30.2 Å². The number of amides is 2. The first-order valence-electron chi connectivity index (χ1n) is 13.4. The van der Waals surface area contributed by atoms with E-state index in [1.54, 1.807) is 17.2 Å². The second-order valence-electron chi connectivity index (χ2n) is 9.98. The normalized spacial score (nSPS) is 13.7. The van der Waals surface area contributed by atoms with E-state index < -0.39 is 5.60 Å². The number of aryl methyl sites for hydroxylation is 1. The van der Waals surface area contributed by atoms with Gasteiger partial charge < -0.3 is 24.4 Å². The minimum Gasteiger partial charge on any atom is -0.444 e. The lowest BCUT2D eigenvalue weighted by Crippen LogP contribution is -2.50. The molecule has 1 aliphatic rings. The van der Waals surface area contributed by atoms with Gasteiger partial charge in [-0.1, -0.05) is 37.6 Å². The van der Waals surface area contributed by atoms with Crippen LogP contribution in [0.3, 0.4) is 0 Å². The van der Waals surface area contributed by atoms with E-state index in [1.807, 2.05) is 52.3 Å². The third-order valence-electron chi connectivity index (χ3n) is 6.20. The lowest BCUT2D eigenvalue weighted by Gasteiger charge is -2.36. The lowest BCUT2D eigenvalue weighted by molar-refractivity contribution is 0.0240. The minimum absolute atomic E-state index is 0.163. The van der Waals surface area contributed by atoms with Gasteiger partial charge in [-0.05, 0) is 57.9 Å². The fraction of sp³-hybridized carbons (Fsp3) is 0.483. The zero-order valence-corrected chi connectivity index (χ0v) is 24.1. The number of ether oxygens (including phenoxy) is 1. The number of pyridine rings is 1. The molecule has 0 unspecified atom stereocenters. The quantitative estimate of drug-likeness (QED) is 0.429. The Morgan fingerprint density at radius 1 is 1.08 bits per heavy atom. The third kappa shape index (κ3) is 7.40. The standard InChI is InChI=1S/C27H34ClN5O3.C2H6/c1-5-31-18-23(28)22-16-20(17-30-24(22)31)25(34)29-11-10-19-6-8-21(9-7-19)32-12-14-33(15-13-32)26(35)36-27(2,3)4;1-2/h6-9,16-18H,5,10-15H2,1-4H3,(H,29,34);1-2H3. The van der Waals surface area contributed by atoms with Crippen LogP contribution < -0.4 is 10.2 Å². The highest BCUT2D eigenvalue weighted by molar-refractivity contribution is 6.35. The van der Waals surface area contributed by atoms with Gasteiger partial charge in [-0.2, -0.15) is 0 Å². The average Bonchev–Trinajstić information content (AvgIpc) is 3.24. The molecule has 0 spiro atoms. The van der Waals surface area contributed by atoms with Crippen LogP contribution in [0.5, 0.6) is 0 Å². The number of nitrogens with zero attached hydrogens (tertiary/aromatic N) is 4. The number of carbonyl (C=O) groups excluding carboxylic acids is 2. The van der Waals surface area contributed by atoms with E-state index in [2.05, 4.69) is 39.5 Å². The van der Waals surface area contributed by atoms with Crippen LogP contribution in [0, 0.1) is 0 Å². The molecule has 1 aromatic carbocycles. The summed E-state index contributed by atoms with van der Waals surface area (Å²) in [5.74, 6) is -0.163. The molecule has 1 saturated heterocycles. The number of piperazine rings is 1. The SMILES string of the molecule is CC.CCn1cc(Cl)c2cc(C(=O)NCCc3ccc(N4CCN(C(=O)OC(C)(C)C)CC4)cc3)cnc21. The molecule has 2 aromatic heterocycles. The van der Waals surface area contributed by atoms with Gasteiger partial charge in [0.05, 0.1) is 10.6 Å². The topological polar surface area (TPSA) is 79.7 Å². The summed E-state index contributed by atoms with van der Waals surface area (Å²) in [6, 6.07) is 10.2. The number of aromatic nitrogens is 2. The van der Waals surface area contributed by atoms with Gasteiger partial charge in [0.2, 0.25) is 0 Å². The second kappa shape index (κ2) is 13.0. The molecule has 0 radical (unpaired) electrons. The number of hydrogen-bond acceptors (Lipinski definition) is 5. The largest absolute Gasteiger partial charge is 0.444 e. The smallest absolute Gasteiger partial charge is 0.410 e. The Morgan fingerprint density at radius 3 is 2.34 bits per heavy atom. The van der Waals surface area contributed by atoms with E-state index in [-0.39, 0.29) is 12.0 Å². The molecule has 0 aliphatic carbocycles. The molecular formula is C29H40ClN5O3. The summed E-state index contributed by atoms with van der Waals surface area (Å²) in [7, 11) is 0. The molecular weight excluding hydrogens is 502 g/mol. The van der Waals surface area contributed by atoms with Gasteiger partial charge in [-0.15, -0.1) is 0 Å². The molecule has 0 atom stereocenters. The number of hydrogen-bond donors (Lipinski definition) is 1. The highest BCUT2D eigenvalue weighted by atomic mass is 35.5. The van der Waals surface area contributed by atoms with Crippen LogP contribution >= 0.6 is 11.6 Å². The predicted octanol–water partition coefficient (Wildman–Crippen LogP) is 5.77. The summed E-state index contributed by atoms with van der Waals surface area (Å²) < 4.78 is 7.44. The molecule has 3 heterocycles. The fourth-order valence-corrected chi connectivity index (χ4v) is 4.52. The Balaban J connectivity index is 0.00000195. The molecule has 1 N–H and O–H groups in total. The first-order valence-corrected chi connectivity index (χ1v) is 13.8. The Kier molecular flexibility index (Phi) is 10.0. The second-order valence-corrected chi connectivity index (χ2v) is 10.4. The summed E-state index contributed by atoms with van der Waals surface area (Å²) in [5, 5.41) is 4.36. The number of anilines is 1. The van der Waals surface area contributed by atoms with Crippen LogP contribution in [-0.4, -0.2) is 64.8 Å². The number of benzene rings is 1. The Bertz CT molecular complexity index is 1230. The molecule has 1 fully saturated rings. The number of rotatable bonds is 6. The maximum Gasteiger partial charge on any atom is 0.410 e. The van der Waals surface area contributed by atoms with E-state index >= 15 is 0 Å². The first kappa shape index (κ1) is 29.3. The Labute approximate surface area is 230 Å². The summed E-state index contributed by atoms with van der Waals surface area (Å²) in [6.07, 6.45) is 3.90. The van der Waals surface area contributed by atoms with Gasteiger partial charge >= 0.3 is 6.09 Å². The molecule has 2 amide bonds. The Hall–Kier alpha value is -3.26. The van der Waals surface area contributed by atoms with Gasteiger partial charge in [0, 0.05) is 62.7 Å². The molecule has 4 rings (SSSR count). The van der Waals surface area contributed by atoms with E-state index in [4.69, 9.17) is 16.3 Å². The first-order chi connectivity index (χ1) is 18.1. The maximum atomic E-state index is 12.6. The number of fused-ring (bicyclic) bond motifs is 1. The molecule has 8 nitrogen and oxygen atoms in total. The molecule has 206 valence electrons. The van der Waals surface area contributed by atoms with E-state index in [0.717, 1.165) is 48.3 Å². The zero-order valence-electron chi connectivity index (χ0n) is 23.4. The van der Waals surface area contributed by atoms with Crippen molar-refractivity contribution in [2.24, 2.45) is 0 Å². The third-order valence-corrected chi connectivity index (χ3v) is 6.50. The molecule has 38 heavy (non-hydrogen) atoms. The molecule has 9 heteroatoms. The zero-order chi connectivity index (χ0) is 27.9. The van der Waals surface area contributed by atoms with Crippen LogP contribution in [-0.2, 0) is 17.7 Å². The van der Waals surface area contributed by atoms with Crippen molar-refractivity contribution in [3.8, 4) is 0 Å². The van der Waals surface area contributed by atoms with Crippen molar-refractivity contribution in [1.82, 2.24) is 19.8 Å². The van der Waals surface area contributed by atoms with Gasteiger partial charge in [-0.25, -0.2) is 9.78 Å². The van der Waals surface area contributed by atoms with Crippen LogP contribution in [0.1, 0.15) is 57.5 Å². The van der Waals surface area contributed by atoms with Gasteiger partial charge in [-0.3, -0.25) is 4.79 Å². The predicted molar refractivity (Wildman–Crippen MR) is 154 cm³/mol. The summed E-state index contributed by atoms with van der Waals surface area (Å²) in [4.78, 5) is 33.4. The molecule has 1 aliphatic heterocycles. The van der Waals surface area contributed by atoms with Crippen molar-refractivity contribution in [2.45, 2.75) is 60.1 Å². The Morgan fingerprint density at radius 2 is 1.74 bits per heavy atom. The van der Waals surface area contributed by atoms with Crippen molar-refractivity contribution < 1.29 is 14.3 Å². The minimum atomic E-state index is -0.483. The number of halogens is 1. The molecule has 0 bridgehead atoms. The number of nitrogens with one attached hydrogen (secondary N) is 1. The monoisotopic (exact) mass is 541 g/mol. The molecule has 0 saturated carbocycles. The van der Waals surface area contributed by atoms with Gasteiger partial charge in [0.1, 0.15) is 11.2 Å². The van der Waals surface area contributed by atoms with E-state index in [1.165, 1.54) is 0 Å². The maximum absolute atomic E-state index is 12.6. The van der Waals surface area contributed by atoms with Crippen LogP contribution in [0.15, 0.2) is 42.7 Å². The summed E-state index contributed by atoms with van der Waals surface area (Å²) >= 11 is 6.31. The number of carbonyl (C=O) groups is 2. The van der Waals surface area contributed by atoms with Gasteiger partial charge in [0.15, 0.2) is 0 Å². The highest BCUT2D eigenvalue weighted by Gasteiger charge is 2.26. The van der Waals surface area contributed by atoms with Gasteiger partial charge in [0.25, 0.3) is 5.91 Å². The van der Waals surface area contributed by atoms with Crippen molar-refractivity contribution in [2.75, 3.05) is 37.6 Å². The van der Waals surface area contributed by atoms with Crippen molar-refractivity contribution in [3.63, 3.8) is 0 Å². The van der Waals surface area contributed by atoms with Crippen LogP contribution in [0.25, 0.3) is 11.0 Å². The van der Waals surface area contributed by atoms with Crippen molar-refractivity contribution in [1.29, 1.82) is 0 Å². The molecule has 3 aromatic rings. The van der Waals surface area contributed by atoms with Crippen LogP contribution in [0.2, 0.25) is 5.02 Å².